The fourth-order valence-corrected chi connectivity index (χ4v) is 7.02. The maximum atomic E-state index is 12.1. The molecule has 3 unspecified atom stereocenters. The zero-order chi connectivity index (χ0) is 36.1. The van der Waals surface area contributed by atoms with Crippen molar-refractivity contribution in [3.63, 3.8) is 0 Å². The number of unbranched alkanes of at least 4 members (excludes halogenated alkanes) is 10. The van der Waals surface area contributed by atoms with Crippen molar-refractivity contribution in [2.45, 2.75) is 136 Å². The van der Waals surface area contributed by atoms with E-state index in [1.54, 1.807) is 0 Å². The van der Waals surface area contributed by atoms with Gasteiger partial charge >= 0.3 is 6.03 Å². The topological polar surface area (TPSA) is 83.1 Å². The maximum Gasteiger partial charge on any atom is 0.315 e. The molecule has 1 aliphatic rings. The molecule has 1 fully saturated rings. The molecule has 3 N–H and O–H groups in total. The zero-order valence-corrected chi connectivity index (χ0v) is 31.7. The van der Waals surface area contributed by atoms with Crippen molar-refractivity contribution in [3.05, 3.63) is 95.1 Å². The van der Waals surface area contributed by atoms with E-state index in [4.69, 9.17) is 9.47 Å². The Balaban J connectivity index is 1.49. The van der Waals surface area contributed by atoms with Crippen molar-refractivity contribution in [1.29, 1.82) is 0 Å². The number of aliphatic hydroxyl groups is 1. The van der Waals surface area contributed by atoms with Crippen LogP contribution in [0, 0.1) is 0 Å². The first-order valence-corrected chi connectivity index (χ1v) is 20.0. The molecule has 1 aliphatic heterocycles. The number of aliphatic hydroxyl groups excluding tert-OH is 1. The van der Waals surface area contributed by atoms with Crippen LogP contribution in [0.1, 0.15) is 139 Å². The lowest BCUT2D eigenvalue weighted by molar-refractivity contribution is -0.253. The van der Waals surface area contributed by atoms with Crippen LogP contribution in [0.4, 0.5) is 4.79 Å². The highest BCUT2D eigenvalue weighted by molar-refractivity contribution is 5.74. The van der Waals surface area contributed by atoms with Gasteiger partial charge in [0.25, 0.3) is 0 Å². The van der Waals surface area contributed by atoms with Crippen molar-refractivity contribution in [3.8, 4) is 11.1 Å². The summed E-state index contributed by atoms with van der Waals surface area (Å²) in [7, 11) is 0. The number of amides is 2. The van der Waals surface area contributed by atoms with E-state index in [1.807, 2.05) is 31.2 Å². The van der Waals surface area contributed by atoms with Crippen molar-refractivity contribution in [2.24, 2.45) is 0 Å². The first kappa shape index (κ1) is 40.5. The lowest BCUT2D eigenvalue weighted by Gasteiger charge is -2.38. The standard InChI is InChI=1S/C44H65N3O4/c1-4-7-9-11-13-17-29-47(30-18-14-12-10-8-5-2)33-40-31-42(37-23-21-35(34-48)22-24-37)51-43(50-40)38-27-25-36(26-28-38)41-20-16-15-19-39(41)32-46-44(49)45-6-3/h15-16,19-28,40,42-43,48H,4-14,17-18,29-34H2,1-3H3,(H2,45,46,49). The molecule has 0 aromatic heterocycles. The molecule has 3 aromatic rings. The smallest absolute Gasteiger partial charge is 0.315 e. The van der Waals surface area contributed by atoms with Crippen LogP contribution in [-0.2, 0) is 22.6 Å². The van der Waals surface area contributed by atoms with Crippen molar-refractivity contribution < 1.29 is 19.4 Å². The third-order valence-corrected chi connectivity index (χ3v) is 10.0. The molecular weight excluding hydrogens is 635 g/mol. The summed E-state index contributed by atoms with van der Waals surface area (Å²) in [6, 6.07) is 24.7. The molecular formula is C44H65N3O4. The van der Waals surface area contributed by atoms with Crippen LogP contribution >= 0.6 is 0 Å². The van der Waals surface area contributed by atoms with Crippen LogP contribution in [0.2, 0.25) is 0 Å². The average molecular weight is 700 g/mol. The summed E-state index contributed by atoms with van der Waals surface area (Å²) >= 11 is 0. The molecule has 0 bridgehead atoms. The average Bonchev–Trinajstić information content (AvgIpc) is 3.16. The van der Waals surface area contributed by atoms with Crippen LogP contribution < -0.4 is 10.6 Å². The highest BCUT2D eigenvalue weighted by Crippen LogP contribution is 2.39. The van der Waals surface area contributed by atoms with Gasteiger partial charge < -0.3 is 30.1 Å². The lowest BCUT2D eigenvalue weighted by Crippen LogP contribution is -2.40. The van der Waals surface area contributed by atoms with Gasteiger partial charge in [-0.1, -0.05) is 151 Å². The normalized spacial score (nSPS) is 17.5. The van der Waals surface area contributed by atoms with Crippen molar-refractivity contribution in [2.75, 3.05) is 26.2 Å². The van der Waals surface area contributed by atoms with E-state index in [0.29, 0.717) is 13.1 Å². The summed E-state index contributed by atoms with van der Waals surface area (Å²) in [6.07, 6.45) is 15.9. The molecule has 2 amide bonds. The summed E-state index contributed by atoms with van der Waals surface area (Å²) in [5.74, 6) is 0. The van der Waals surface area contributed by atoms with E-state index in [9.17, 15) is 9.90 Å². The van der Waals surface area contributed by atoms with E-state index in [2.05, 4.69) is 77.9 Å². The number of carbonyl (C=O) groups is 1. The number of rotatable bonds is 23. The van der Waals surface area contributed by atoms with Crippen molar-refractivity contribution in [1.82, 2.24) is 15.5 Å². The minimum atomic E-state index is -0.486. The second-order valence-corrected chi connectivity index (χ2v) is 14.2. The molecule has 280 valence electrons. The Morgan fingerprint density at radius 2 is 1.33 bits per heavy atom. The predicted molar refractivity (Wildman–Crippen MR) is 209 cm³/mol. The van der Waals surface area contributed by atoms with E-state index in [0.717, 1.165) is 59.4 Å². The first-order valence-electron chi connectivity index (χ1n) is 20.0. The van der Waals surface area contributed by atoms with Crippen LogP contribution in [0.15, 0.2) is 72.8 Å². The number of ether oxygens (including phenoxy) is 2. The molecule has 7 nitrogen and oxygen atoms in total. The number of carbonyl (C=O) groups excluding carboxylic acids is 1. The molecule has 0 spiro atoms. The van der Waals surface area contributed by atoms with Gasteiger partial charge in [-0.15, -0.1) is 0 Å². The molecule has 3 atom stereocenters. The third-order valence-electron chi connectivity index (χ3n) is 10.0. The number of nitrogens with zero attached hydrogens (tertiary/aromatic N) is 1. The Kier molecular flexibility index (Phi) is 18.6. The van der Waals surface area contributed by atoms with Gasteiger partial charge in [0.1, 0.15) is 0 Å². The van der Waals surface area contributed by atoms with Gasteiger partial charge in [-0.2, -0.15) is 0 Å². The molecule has 0 aliphatic carbocycles. The van der Waals surface area contributed by atoms with E-state index < -0.39 is 6.29 Å². The summed E-state index contributed by atoms with van der Waals surface area (Å²) in [6.45, 7) is 10.7. The Morgan fingerprint density at radius 3 is 1.96 bits per heavy atom. The molecule has 1 heterocycles. The quantitative estimate of drug-likeness (QED) is 0.0859. The Bertz CT molecular complexity index is 1360. The molecule has 0 radical (unpaired) electrons. The summed E-state index contributed by atoms with van der Waals surface area (Å²) in [5.41, 5.74) is 6.25. The second kappa shape index (κ2) is 23.4. The fourth-order valence-electron chi connectivity index (χ4n) is 7.02. The minimum Gasteiger partial charge on any atom is -0.392 e. The highest BCUT2D eigenvalue weighted by atomic mass is 16.7. The van der Waals surface area contributed by atoms with Crippen LogP contribution in [0.25, 0.3) is 11.1 Å². The maximum absolute atomic E-state index is 12.1. The molecule has 7 heteroatoms. The van der Waals surface area contributed by atoms with Gasteiger partial charge in [-0.05, 0) is 60.7 Å². The molecule has 51 heavy (non-hydrogen) atoms. The van der Waals surface area contributed by atoms with Gasteiger partial charge in [0.2, 0.25) is 0 Å². The SMILES string of the molecule is CCCCCCCCN(CCCCCCCC)CC1CC(c2ccc(CO)cc2)OC(c2ccc(-c3ccccc3CNC(=O)NCC)cc2)O1. The van der Waals surface area contributed by atoms with Crippen LogP contribution in [0.3, 0.4) is 0 Å². The van der Waals surface area contributed by atoms with Gasteiger partial charge in [0.15, 0.2) is 6.29 Å². The van der Waals surface area contributed by atoms with E-state index in [1.165, 1.54) is 77.0 Å². The largest absolute Gasteiger partial charge is 0.392 e. The highest BCUT2D eigenvalue weighted by Gasteiger charge is 2.33. The second-order valence-electron chi connectivity index (χ2n) is 14.2. The molecule has 0 saturated carbocycles. The molecule has 4 rings (SSSR count). The van der Waals surface area contributed by atoms with Crippen molar-refractivity contribution >= 4 is 6.03 Å². The summed E-state index contributed by atoms with van der Waals surface area (Å²) < 4.78 is 13.5. The number of hydrogen-bond acceptors (Lipinski definition) is 5. The lowest BCUT2D eigenvalue weighted by atomic mass is 9.97. The van der Waals surface area contributed by atoms with Gasteiger partial charge in [0.05, 0.1) is 18.8 Å². The monoisotopic (exact) mass is 699 g/mol. The molecule has 1 saturated heterocycles. The minimum absolute atomic E-state index is 0.0312. The summed E-state index contributed by atoms with van der Waals surface area (Å²) in [4.78, 5) is 14.7. The summed E-state index contributed by atoms with van der Waals surface area (Å²) in [5, 5.41) is 15.4. The predicted octanol–water partition coefficient (Wildman–Crippen LogP) is 10.2. The Labute approximate surface area is 308 Å². The van der Waals surface area contributed by atoms with Crippen LogP contribution in [-0.4, -0.2) is 48.3 Å². The number of nitrogens with one attached hydrogen (secondary N) is 2. The first-order chi connectivity index (χ1) is 25.0. The Morgan fingerprint density at radius 1 is 0.725 bits per heavy atom. The molecule has 3 aromatic carbocycles. The third kappa shape index (κ3) is 14.0. The van der Waals surface area contributed by atoms with Crippen LogP contribution in [0.5, 0.6) is 0 Å². The number of benzene rings is 3. The number of urea groups is 1. The van der Waals surface area contributed by atoms with Gasteiger partial charge in [0, 0.05) is 31.6 Å². The van der Waals surface area contributed by atoms with Gasteiger partial charge in [-0.3, -0.25) is 0 Å². The van der Waals surface area contributed by atoms with E-state index in [-0.39, 0.29) is 24.8 Å². The Hall–Kier alpha value is -3.23. The zero-order valence-electron chi connectivity index (χ0n) is 31.7. The number of hydrogen-bond donors (Lipinski definition) is 3. The fraction of sp³-hybridized carbons (Fsp3) is 0.568. The van der Waals surface area contributed by atoms with E-state index >= 15 is 0 Å². The van der Waals surface area contributed by atoms with Gasteiger partial charge in [-0.25, -0.2) is 4.79 Å².